The van der Waals surface area contributed by atoms with Crippen molar-refractivity contribution in [3.05, 3.63) is 24.3 Å². The van der Waals surface area contributed by atoms with E-state index in [1.807, 2.05) is 0 Å². The molecule has 0 aliphatic carbocycles. The molecule has 0 saturated carbocycles. The molecular weight excluding hydrogens is 763 g/mol. The number of aliphatic hydroxyl groups is 3. The van der Waals surface area contributed by atoms with Gasteiger partial charge in [0.05, 0.1) is 18.8 Å². The van der Waals surface area contributed by atoms with Crippen molar-refractivity contribution < 1.29 is 20.1 Å². The first-order chi connectivity index (χ1) is 30.6. The van der Waals surface area contributed by atoms with Crippen molar-refractivity contribution in [2.75, 3.05) is 6.61 Å². The predicted molar refractivity (Wildman–Crippen MR) is 273 cm³/mol. The molecule has 0 fully saturated rings. The topological polar surface area (TPSA) is 89.8 Å². The van der Waals surface area contributed by atoms with Crippen LogP contribution in [0.3, 0.4) is 0 Å². The molecular formula is C57H111NO4. The molecule has 4 N–H and O–H groups in total. The zero-order chi connectivity index (χ0) is 45.1. The van der Waals surface area contributed by atoms with Crippen molar-refractivity contribution in [2.24, 2.45) is 0 Å². The number of unbranched alkanes of at least 4 members (excludes halogenated alkanes) is 40. The Labute approximate surface area is 388 Å². The van der Waals surface area contributed by atoms with Gasteiger partial charge in [-0.2, -0.15) is 0 Å². The smallest absolute Gasteiger partial charge is 0.220 e. The second kappa shape index (κ2) is 52.5. The van der Waals surface area contributed by atoms with Gasteiger partial charge in [0.2, 0.25) is 5.91 Å². The van der Waals surface area contributed by atoms with Gasteiger partial charge >= 0.3 is 0 Å². The van der Waals surface area contributed by atoms with Gasteiger partial charge in [-0.1, -0.05) is 263 Å². The summed E-state index contributed by atoms with van der Waals surface area (Å²) in [6.07, 6.45) is 66.2. The molecule has 0 heterocycles. The summed E-state index contributed by atoms with van der Waals surface area (Å²) in [6, 6.07) is -0.825. The average Bonchev–Trinajstić information content (AvgIpc) is 3.28. The fourth-order valence-electron chi connectivity index (χ4n) is 8.93. The Morgan fingerprint density at radius 3 is 0.935 bits per heavy atom. The maximum atomic E-state index is 12.5. The van der Waals surface area contributed by atoms with E-state index in [0.29, 0.717) is 12.8 Å². The Morgan fingerprint density at radius 1 is 0.387 bits per heavy atom. The average molecular weight is 875 g/mol. The molecule has 62 heavy (non-hydrogen) atoms. The lowest BCUT2D eigenvalue weighted by Gasteiger charge is -2.26. The highest BCUT2D eigenvalue weighted by Crippen LogP contribution is 2.17. The van der Waals surface area contributed by atoms with E-state index in [1.165, 1.54) is 244 Å². The summed E-state index contributed by atoms with van der Waals surface area (Å²) >= 11 is 0. The summed E-state index contributed by atoms with van der Waals surface area (Å²) in [6.45, 7) is 4.20. The Hall–Kier alpha value is -1.17. The standard InChI is InChI=1S/C57H111NO4/c1-3-5-7-9-11-13-15-17-19-21-23-24-25-26-27-28-29-30-31-32-34-36-38-40-42-44-46-48-50-52-56(61)58-54(53-59)57(62)55(60)51-49-47-45-43-41-39-37-35-33-22-20-18-16-14-12-10-8-6-4-2/h26-27,43,45,54-55,57,59-60,62H,3-25,28-42,44,46-53H2,1-2H3,(H,58,61)/b27-26-,45-43+. The van der Waals surface area contributed by atoms with Crippen LogP contribution >= 0.6 is 0 Å². The van der Waals surface area contributed by atoms with Gasteiger partial charge in [-0.05, 0) is 64.2 Å². The number of rotatable bonds is 52. The predicted octanol–water partition coefficient (Wildman–Crippen LogP) is 17.3. The minimum absolute atomic E-state index is 0.150. The summed E-state index contributed by atoms with van der Waals surface area (Å²) < 4.78 is 0. The maximum absolute atomic E-state index is 12.5. The zero-order valence-electron chi connectivity index (χ0n) is 42.0. The van der Waals surface area contributed by atoms with E-state index in [1.54, 1.807) is 0 Å². The lowest BCUT2D eigenvalue weighted by atomic mass is 10.0. The summed E-state index contributed by atoms with van der Waals surface area (Å²) in [5.74, 6) is -0.150. The lowest BCUT2D eigenvalue weighted by Crippen LogP contribution is -2.50. The van der Waals surface area contributed by atoms with Crippen LogP contribution in [-0.4, -0.2) is 46.1 Å². The van der Waals surface area contributed by atoms with Crippen LogP contribution in [0.25, 0.3) is 0 Å². The van der Waals surface area contributed by atoms with Gasteiger partial charge in [-0.15, -0.1) is 0 Å². The van der Waals surface area contributed by atoms with E-state index < -0.39 is 18.2 Å². The zero-order valence-corrected chi connectivity index (χ0v) is 42.0. The van der Waals surface area contributed by atoms with Crippen LogP contribution in [0.2, 0.25) is 0 Å². The number of nitrogens with one attached hydrogen (secondary N) is 1. The fraction of sp³-hybridized carbons (Fsp3) is 0.912. The Bertz CT molecular complexity index is 920. The molecule has 5 nitrogen and oxygen atoms in total. The van der Waals surface area contributed by atoms with Gasteiger partial charge in [0, 0.05) is 6.42 Å². The van der Waals surface area contributed by atoms with Crippen LogP contribution in [0.5, 0.6) is 0 Å². The molecule has 3 atom stereocenters. The quantitative estimate of drug-likeness (QED) is 0.0362. The van der Waals surface area contributed by atoms with Gasteiger partial charge in [0.25, 0.3) is 0 Å². The highest BCUT2D eigenvalue weighted by atomic mass is 16.3. The van der Waals surface area contributed by atoms with Crippen LogP contribution in [-0.2, 0) is 4.79 Å². The molecule has 3 unspecified atom stereocenters. The SMILES string of the molecule is CCCCCCCCCCCCCC/C=C\CCCCCCCCCCCCCCCC(=O)NC(CO)C(O)C(O)CCC/C=C/CCCCCCCCCCCCCCCC. The Kier molecular flexibility index (Phi) is 51.5. The third-order valence-electron chi connectivity index (χ3n) is 13.3. The van der Waals surface area contributed by atoms with Crippen LogP contribution < -0.4 is 5.32 Å². The summed E-state index contributed by atoms with van der Waals surface area (Å²) in [5.41, 5.74) is 0. The van der Waals surface area contributed by atoms with Crippen molar-refractivity contribution in [3.63, 3.8) is 0 Å². The van der Waals surface area contributed by atoms with Crippen molar-refractivity contribution >= 4 is 5.91 Å². The first-order valence-electron chi connectivity index (χ1n) is 28.1. The van der Waals surface area contributed by atoms with E-state index >= 15 is 0 Å². The molecule has 0 aromatic heterocycles. The number of hydrogen-bond donors (Lipinski definition) is 4. The van der Waals surface area contributed by atoms with Crippen molar-refractivity contribution in [3.8, 4) is 0 Å². The Balaban J connectivity index is 3.54. The minimum atomic E-state index is -1.16. The van der Waals surface area contributed by atoms with Crippen LogP contribution in [0.4, 0.5) is 0 Å². The molecule has 0 saturated heterocycles. The number of hydrogen-bond acceptors (Lipinski definition) is 4. The molecule has 368 valence electrons. The molecule has 0 aromatic rings. The number of amides is 1. The van der Waals surface area contributed by atoms with E-state index in [-0.39, 0.29) is 12.5 Å². The van der Waals surface area contributed by atoms with Gasteiger partial charge in [0.15, 0.2) is 0 Å². The molecule has 0 aliphatic heterocycles. The second-order valence-electron chi connectivity index (χ2n) is 19.5. The molecule has 1 amide bonds. The highest BCUT2D eigenvalue weighted by Gasteiger charge is 2.26. The summed E-state index contributed by atoms with van der Waals surface area (Å²) in [7, 11) is 0. The van der Waals surface area contributed by atoms with E-state index in [4.69, 9.17) is 0 Å². The van der Waals surface area contributed by atoms with Crippen molar-refractivity contribution in [1.29, 1.82) is 0 Å². The Morgan fingerprint density at radius 2 is 0.645 bits per heavy atom. The first-order valence-corrected chi connectivity index (χ1v) is 28.1. The van der Waals surface area contributed by atoms with Gasteiger partial charge < -0.3 is 20.6 Å². The van der Waals surface area contributed by atoms with Gasteiger partial charge in [0.1, 0.15) is 6.10 Å². The van der Waals surface area contributed by atoms with Gasteiger partial charge in [-0.3, -0.25) is 4.79 Å². The summed E-state index contributed by atoms with van der Waals surface area (Å²) in [4.78, 5) is 12.5. The molecule has 0 bridgehead atoms. The molecule has 0 rings (SSSR count). The summed E-state index contributed by atoms with van der Waals surface area (Å²) in [5, 5.41) is 33.7. The fourth-order valence-corrected chi connectivity index (χ4v) is 8.93. The minimum Gasteiger partial charge on any atom is -0.394 e. The van der Waals surface area contributed by atoms with Crippen LogP contribution in [0.1, 0.15) is 309 Å². The maximum Gasteiger partial charge on any atom is 0.220 e. The molecule has 0 aromatic carbocycles. The van der Waals surface area contributed by atoms with E-state index in [0.717, 1.165) is 38.5 Å². The third-order valence-corrected chi connectivity index (χ3v) is 13.3. The van der Waals surface area contributed by atoms with E-state index in [2.05, 4.69) is 43.5 Å². The van der Waals surface area contributed by atoms with Crippen LogP contribution in [0.15, 0.2) is 24.3 Å². The number of carbonyl (C=O) groups excluding carboxylic acids is 1. The third kappa shape index (κ3) is 46.8. The second-order valence-corrected chi connectivity index (χ2v) is 19.5. The van der Waals surface area contributed by atoms with E-state index in [9.17, 15) is 20.1 Å². The van der Waals surface area contributed by atoms with Gasteiger partial charge in [-0.25, -0.2) is 0 Å². The number of aliphatic hydroxyl groups excluding tert-OH is 3. The normalized spacial score (nSPS) is 13.4. The largest absolute Gasteiger partial charge is 0.394 e. The first kappa shape index (κ1) is 60.8. The van der Waals surface area contributed by atoms with Crippen LogP contribution in [0, 0.1) is 0 Å². The van der Waals surface area contributed by atoms with Crippen molar-refractivity contribution in [2.45, 2.75) is 327 Å². The monoisotopic (exact) mass is 874 g/mol. The number of allylic oxidation sites excluding steroid dienone is 4. The van der Waals surface area contributed by atoms with Crippen molar-refractivity contribution in [1.82, 2.24) is 5.32 Å². The highest BCUT2D eigenvalue weighted by molar-refractivity contribution is 5.76. The number of carbonyl (C=O) groups is 1. The molecule has 0 aliphatic rings. The lowest BCUT2D eigenvalue weighted by molar-refractivity contribution is -0.124. The molecule has 0 radical (unpaired) electrons. The molecule has 0 spiro atoms. The molecule has 5 heteroatoms.